The third-order valence-electron chi connectivity index (χ3n) is 4.33. The second-order valence-electron chi connectivity index (χ2n) is 6.46. The van der Waals surface area contributed by atoms with Crippen LogP contribution in [0.15, 0.2) is 0 Å². The van der Waals surface area contributed by atoms with Crippen LogP contribution in [0.3, 0.4) is 0 Å². The molecule has 1 aliphatic rings. The topological polar surface area (TPSA) is 52.7 Å². The first-order valence-electron chi connectivity index (χ1n) is 7.81. The lowest BCUT2D eigenvalue weighted by Gasteiger charge is -2.28. The highest BCUT2D eigenvalue weighted by molar-refractivity contribution is 4.81. The van der Waals surface area contributed by atoms with Crippen LogP contribution in [0.1, 0.15) is 46.0 Å². The molecule has 3 N–H and O–H groups in total. The number of likely N-dealkylation sites (N-methyl/N-ethyl adjacent to an activating group) is 2. The van der Waals surface area contributed by atoms with Gasteiger partial charge in [-0.1, -0.05) is 13.3 Å². The molecule has 1 aliphatic heterocycles. The number of nitrogens with zero attached hydrogens (tertiary/aromatic N) is 2. The second-order valence-corrected chi connectivity index (χ2v) is 6.46. The summed E-state index contributed by atoms with van der Waals surface area (Å²) in [5.74, 6) is 0. The lowest BCUT2D eigenvalue weighted by Crippen LogP contribution is -2.40. The maximum atomic E-state index is 9.11. The van der Waals surface area contributed by atoms with Crippen LogP contribution in [-0.4, -0.2) is 66.3 Å². The molecule has 2 atom stereocenters. The van der Waals surface area contributed by atoms with Gasteiger partial charge in [0, 0.05) is 18.1 Å². The van der Waals surface area contributed by atoms with Gasteiger partial charge in [-0.3, -0.25) is 4.90 Å². The highest BCUT2D eigenvalue weighted by atomic mass is 16.3. The fraction of sp³-hybridized carbons (Fsp3) is 1.00. The Balaban J connectivity index is 2.12. The molecule has 0 aliphatic carbocycles. The Bertz CT molecular complexity index is 246. The molecule has 1 saturated heterocycles. The van der Waals surface area contributed by atoms with Crippen molar-refractivity contribution in [1.29, 1.82) is 0 Å². The summed E-state index contributed by atoms with van der Waals surface area (Å²) in [7, 11) is 2.22. The quantitative estimate of drug-likeness (QED) is 0.620. The van der Waals surface area contributed by atoms with Gasteiger partial charge in [0.05, 0.1) is 6.61 Å². The highest BCUT2D eigenvalue weighted by Crippen LogP contribution is 2.17. The minimum atomic E-state index is -0.400. The summed E-state index contributed by atoms with van der Waals surface area (Å²) in [5, 5.41) is 9.11. The monoisotopic (exact) mass is 271 g/mol. The van der Waals surface area contributed by atoms with E-state index in [-0.39, 0.29) is 6.61 Å². The minimum Gasteiger partial charge on any atom is -0.394 e. The number of unbranched alkanes of at least 4 members (excludes halogenated alkanes) is 1. The van der Waals surface area contributed by atoms with E-state index in [2.05, 4.69) is 23.8 Å². The number of aliphatic hydroxyl groups is 1. The molecule has 0 aromatic carbocycles. The molecule has 114 valence electrons. The van der Waals surface area contributed by atoms with Crippen LogP contribution in [0.2, 0.25) is 0 Å². The molecule has 4 nitrogen and oxygen atoms in total. The smallest absolute Gasteiger partial charge is 0.0608 e. The molecule has 2 unspecified atom stereocenters. The largest absolute Gasteiger partial charge is 0.394 e. The Morgan fingerprint density at radius 3 is 2.79 bits per heavy atom. The normalized spacial score (nSPS) is 24.0. The van der Waals surface area contributed by atoms with Crippen molar-refractivity contribution in [2.24, 2.45) is 5.73 Å². The zero-order valence-electron chi connectivity index (χ0n) is 13.1. The molecule has 0 saturated carbocycles. The Morgan fingerprint density at radius 2 is 2.16 bits per heavy atom. The van der Waals surface area contributed by atoms with Crippen LogP contribution in [0.5, 0.6) is 0 Å². The van der Waals surface area contributed by atoms with Gasteiger partial charge >= 0.3 is 0 Å². The highest BCUT2D eigenvalue weighted by Gasteiger charge is 2.23. The molecular weight excluding hydrogens is 238 g/mol. The van der Waals surface area contributed by atoms with Crippen molar-refractivity contribution in [2.75, 3.05) is 39.8 Å². The van der Waals surface area contributed by atoms with Gasteiger partial charge in [0.2, 0.25) is 0 Å². The summed E-state index contributed by atoms with van der Waals surface area (Å²) >= 11 is 0. The van der Waals surface area contributed by atoms with Crippen LogP contribution < -0.4 is 5.73 Å². The summed E-state index contributed by atoms with van der Waals surface area (Å²) in [6, 6.07) is 0.757. The van der Waals surface area contributed by atoms with Crippen LogP contribution in [0.25, 0.3) is 0 Å². The molecule has 4 heteroatoms. The lowest BCUT2D eigenvalue weighted by atomic mass is 9.97. The van der Waals surface area contributed by atoms with Crippen LogP contribution in [0, 0.1) is 0 Å². The van der Waals surface area contributed by atoms with E-state index in [0.717, 1.165) is 25.4 Å². The summed E-state index contributed by atoms with van der Waals surface area (Å²) in [4.78, 5) is 5.05. The molecular formula is C15H33N3O. The average Bonchev–Trinajstić information content (AvgIpc) is 2.82. The average molecular weight is 271 g/mol. The van der Waals surface area contributed by atoms with Gasteiger partial charge < -0.3 is 15.7 Å². The standard InChI is InChI=1S/C15H33N3O/c1-4-18-11-7-8-14(18)12-17(3)10-6-5-9-15(2,16)13-19/h14,19H,4-13,16H2,1-3H3. The summed E-state index contributed by atoms with van der Waals surface area (Å²) in [6.45, 7) is 9.04. The van der Waals surface area contributed by atoms with E-state index < -0.39 is 5.54 Å². The molecule has 19 heavy (non-hydrogen) atoms. The number of hydrogen-bond donors (Lipinski definition) is 2. The second kappa shape index (κ2) is 8.20. The van der Waals surface area contributed by atoms with E-state index in [1.54, 1.807) is 0 Å². The Hall–Kier alpha value is -0.160. The van der Waals surface area contributed by atoms with E-state index in [0.29, 0.717) is 0 Å². The first-order chi connectivity index (χ1) is 8.98. The van der Waals surface area contributed by atoms with E-state index >= 15 is 0 Å². The molecule has 0 aromatic heterocycles. The molecule has 1 heterocycles. The molecule has 0 bridgehead atoms. The van der Waals surface area contributed by atoms with Gasteiger partial charge in [0.1, 0.15) is 0 Å². The van der Waals surface area contributed by atoms with Gasteiger partial charge in [0.25, 0.3) is 0 Å². The van der Waals surface area contributed by atoms with Crippen molar-refractivity contribution < 1.29 is 5.11 Å². The Morgan fingerprint density at radius 1 is 1.42 bits per heavy atom. The third kappa shape index (κ3) is 6.21. The van der Waals surface area contributed by atoms with E-state index in [9.17, 15) is 0 Å². The number of hydrogen-bond acceptors (Lipinski definition) is 4. The van der Waals surface area contributed by atoms with Gasteiger partial charge in [-0.15, -0.1) is 0 Å². The molecule has 1 fully saturated rings. The summed E-state index contributed by atoms with van der Waals surface area (Å²) in [6.07, 6.45) is 5.88. The molecule has 0 amide bonds. The molecule has 0 spiro atoms. The SMILES string of the molecule is CCN1CCCC1CN(C)CCCCC(C)(N)CO. The fourth-order valence-corrected chi connectivity index (χ4v) is 2.96. The van der Waals surface area contributed by atoms with Gasteiger partial charge in [-0.25, -0.2) is 0 Å². The van der Waals surface area contributed by atoms with Gasteiger partial charge in [0.15, 0.2) is 0 Å². The molecule has 0 radical (unpaired) electrons. The summed E-state index contributed by atoms with van der Waals surface area (Å²) in [5.41, 5.74) is 5.53. The zero-order chi connectivity index (χ0) is 14.3. The summed E-state index contributed by atoms with van der Waals surface area (Å²) < 4.78 is 0. The van der Waals surface area contributed by atoms with Crippen LogP contribution >= 0.6 is 0 Å². The zero-order valence-corrected chi connectivity index (χ0v) is 13.1. The van der Waals surface area contributed by atoms with Crippen molar-refractivity contribution in [3.05, 3.63) is 0 Å². The minimum absolute atomic E-state index is 0.0797. The van der Waals surface area contributed by atoms with Crippen LogP contribution in [0.4, 0.5) is 0 Å². The number of nitrogens with two attached hydrogens (primary N) is 1. The van der Waals surface area contributed by atoms with Gasteiger partial charge in [-0.2, -0.15) is 0 Å². The fourth-order valence-electron chi connectivity index (χ4n) is 2.96. The van der Waals surface area contributed by atoms with Crippen molar-refractivity contribution in [1.82, 2.24) is 9.80 Å². The van der Waals surface area contributed by atoms with Crippen molar-refractivity contribution in [3.63, 3.8) is 0 Å². The number of aliphatic hydroxyl groups excluding tert-OH is 1. The van der Waals surface area contributed by atoms with Crippen molar-refractivity contribution in [2.45, 2.75) is 57.5 Å². The first kappa shape index (κ1) is 16.9. The molecule has 1 rings (SSSR count). The van der Waals surface area contributed by atoms with E-state index in [1.807, 2.05) is 6.92 Å². The van der Waals surface area contributed by atoms with E-state index in [1.165, 1.54) is 38.9 Å². The van der Waals surface area contributed by atoms with Crippen molar-refractivity contribution in [3.8, 4) is 0 Å². The van der Waals surface area contributed by atoms with Crippen LogP contribution in [-0.2, 0) is 0 Å². The maximum absolute atomic E-state index is 9.11. The van der Waals surface area contributed by atoms with Gasteiger partial charge in [-0.05, 0) is 59.3 Å². The predicted octanol–water partition coefficient (Wildman–Crippen LogP) is 1.28. The number of likely N-dealkylation sites (tertiary alicyclic amines) is 1. The maximum Gasteiger partial charge on any atom is 0.0608 e. The number of rotatable bonds is 9. The Kier molecular flexibility index (Phi) is 7.29. The van der Waals surface area contributed by atoms with Crippen molar-refractivity contribution >= 4 is 0 Å². The lowest BCUT2D eigenvalue weighted by molar-refractivity contribution is 0.185. The van der Waals surface area contributed by atoms with E-state index in [4.69, 9.17) is 10.8 Å². The first-order valence-corrected chi connectivity index (χ1v) is 7.81. The predicted molar refractivity (Wildman–Crippen MR) is 81.3 cm³/mol. The Labute approximate surface area is 118 Å². The third-order valence-corrected chi connectivity index (χ3v) is 4.33. The molecule has 0 aromatic rings.